The highest BCUT2D eigenvalue weighted by Gasteiger charge is 2.27. The zero-order chi connectivity index (χ0) is 21.0. The summed E-state index contributed by atoms with van der Waals surface area (Å²) in [6.07, 6.45) is 0. The number of sulfonamides is 1. The predicted molar refractivity (Wildman–Crippen MR) is 107 cm³/mol. The largest absolute Gasteiger partial charge is 0.324 e. The van der Waals surface area contributed by atoms with E-state index >= 15 is 0 Å². The van der Waals surface area contributed by atoms with E-state index in [2.05, 4.69) is 5.32 Å². The van der Waals surface area contributed by atoms with Gasteiger partial charge < -0.3 is 5.32 Å². The van der Waals surface area contributed by atoms with Crippen molar-refractivity contribution < 1.29 is 22.0 Å². The molecule has 0 aromatic heterocycles. The fourth-order valence-electron chi connectivity index (χ4n) is 2.55. The molecular weight excluding hydrogens is 422 g/mol. The molecule has 3 rings (SSSR count). The van der Waals surface area contributed by atoms with Gasteiger partial charge in [0, 0.05) is 5.69 Å². The fraction of sp³-hybridized carbons (Fsp3) is 0.0500. The molecule has 150 valence electrons. The normalized spacial score (nSPS) is 11.1. The quantitative estimate of drug-likeness (QED) is 0.620. The van der Waals surface area contributed by atoms with Gasteiger partial charge in [0.25, 0.3) is 10.0 Å². The van der Waals surface area contributed by atoms with Crippen LogP contribution in [0.4, 0.5) is 20.2 Å². The van der Waals surface area contributed by atoms with Crippen LogP contribution in [0.15, 0.2) is 77.7 Å². The molecule has 9 heteroatoms. The highest BCUT2D eigenvalue weighted by Crippen LogP contribution is 2.24. The Morgan fingerprint density at radius 2 is 1.62 bits per heavy atom. The van der Waals surface area contributed by atoms with Crippen molar-refractivity contribution in [1.29, 1.82) is 0 Å². The summed E-state index contributed by atoms with van der Waals surface area (Å²) >= 11 is 5.70. The lowest BCUT2D eigenvalue weighted by Crippen LogP contribution is -2.38. The number of carbonyl (C=O) groups is 1. The second-order valence-electron chi connectivity index (χ2n) is 5.98. The maximum Gasteiger partial charge on any atom is 0.264 e. The van der Waals surface area contributed by atoms with E-state index in [9.17, 15) is 22.0 Å². The number of halogens is 3. The van der Waals surface area contributed by atoms with E-state index < -0.39 is 34.1 Å². The van der Waals surface area contributed by atoms with Crippen molar-refractivity contribution in [3.63, 3.8) is 0 Å². The molecule has 0 radical (unpaired) electrons. The summed E-state index contributed by atoms with van der Waals surface area (Å²) in [4.78, 5) is 12.5. The Hall–Kier alpha value is -2.97. The van der Waals surface area contributed by atoms with Gasteiger partial charge in [-0.15, -0.1) is 0 Å². The van der Waals surface area contributed by atoms with Gasteiger partial charge in [-0.25, -0.2) is 17.2 Å². The molecule has 1 amide bonds. The van der Waals surface area contributed by atoms with Gasteiger partial charge in [-0.1, -0.05) is 29.8 Å². The summed E-state index contributed by atoms with van der Waals surface area (Å²) < 4.78 is 53.6. The molecule has 0 aliphatic carbocycles. The average Bonchev–Trinajstić information content (AvgIpc) is 2.70. The number of anilines is 2. The van der Waals surface area contributed by atoms with Crippen molar-refractivity contribution in [1.82, 2.24) is 0 Å². The number of carbonyl (C=O) groups excluding carboxylic acids is 1. The third kappa shape index (κ3) is 4.90. The highest BCUT2D eigenvalue weighted by molar-refractivity contribution is 7.92. The number of hydrogen-bond donors (Lipinski definition) is 1. The first kappa shape index (κ1) is 20.8. The topological polar surface area (TPSA) is 66.5 Å². The Morgan fingerprint density at radius 1 is 0.966 bits per heavy atom. The Labute approximate surface area is 171 Å². The van der Waals surface area contributed by atoms with Gasteiger partial charge in [0.15, 0.2) is 0 Å². The van der Waals surface area contributed by atoms with Crippen LogP contribution in [-0.2, 0) is 14.8 Å². The van der Waals surface area contributed by atoms with Crippen LogP contribution >= 0.6 is 11.6 Å². The lowest BCUT2D eigenvalue weighted by atomic mass is 10.3. The minimum absolute atomic E-state index is 0.0260. The Balaban J connectivity index is 1.92. The number of amides is 1. The molecule has 0 aliphatic rings. The van der Waals surface area contributed by atoms with Crippen LogP contribution in [0.2, 0.25) is 5.02 Å². The Bertz CT molecular complexity index is 1120. The molecule has 0 unspecified atom stereocenters. The summed E-state index contributed by atoms with van der Waals surface area (Å²) in [6, 6.07) is 15.9. The van der Waals surface area contributed by atoms with Gasteiger partial charge in [0.1, 0.15) is 18.2 Å². The summed E-state index contributed by atoms with van der Waals surface area (Å²) in [6.45, 7) is -0.585. The zero-order valence-corrected chi connectivity index (χ0v) is 16.4. The van der Waals surface area contributed by atoms with Crippen molar-refractivity contribution in [2.45, 2.75) is 4.90 Å². The second-order valence-corrected chi connectivity index (χ2v) is 8.25. The van der Waals surface area contributed by atoms with Crippen LogP contribution in [0, 0.1) is 11.6 Å². The van der Waals surface area contributed by atoms with Crippen molar-refractivity contribution in [3.05, 3.63) is 89.5 Å². The van der Waals surface area contributed by atoms with Gasteiger partial charge in [-0.2, -0.15) is 0 Å². The first-order valence-corrected chi connectivity index (χ1v) is 10.2. The molecule has 0 saturated heterocycles. The monoisotopic (exact) mass is 436 g/mol. The smallest absolute Gasteiger partial charge is 0.264 e. The van der Waals surface area contributed by atoms with Gasteiger partial charge >= 0.3 is 0 Å². The molecule has 3 aromatic carbocycles. The molecule has 1 N–H and O–H groups in total. The van der Waals surface area contributed by atoms with Gasteiger partial charge in [0.05, 0.1) is 15.6 Å². The fourth-order valence-corrected chi connectivity index (χ4v) is 4.17. The highest BCUT2D eigenvalue weighted by atomic mass is 35.5. The third-order valence-electron chi connectivity index (χ3n) is 3.94. The molecule has 29 heavy (non-hydrogen) atoms. The molecule has 0 atom stereocenters. The van der Waals surface area contributed by atoms with Gasteiger partial charge in [0.2, 0.25) is 5.91 Å². The lowest BCUT2D eigenvalue weighted by molar-refractivity contribution is -0.114. The standard InChI is InChI=1S/C20H15ClF2N2O3S/c21-18-12-15(8-11-19(18)23)24-20(26)13-25(16-9-6-14(22)7-10-16)29(27,28)17-4-2-1-3-5-17/h1-12H,13H2,(H,24,26). The third-order valence-corrected chi connectivity index (χ3v) is 6.01. The van der Waals surface area contributed by atoms with E-state index in [1.807, 2.05) is 0 Å². The van der Waals surface area contributed by atoms with E-state index in [1.165, 1.54) is 36.4 Å². The van der Waals surface area contributed by atoms with Crippen LogP contribution in [0.3, 0.4) is 0 Å². The molecule has 0 saturated carbocycles. The summed E-state index contributed by atoms with van der Waals surface area (Å²) in [5, 5.41) is 2.29. The van der Waals surface area contributed by atoms with Crippen LogP contribution in [0.5, 0.6) is 0 Å². The number of nitrogens with zero attached hydrogens (tertiary/aromatic N) is 1. The molecule has 0 heterocycles. The second kappa shape index (κ2) is 8.59. The van der Waals surface area contributed by atoms with Crippen molar-refractivity contribution >= 4 is 38.9 Å². The Morgan fingerprint density at radius 3 is 2.24 bits per heavy atom. The van der Waals surface area contributed by atoms with E-state index in [1.54, 1.807) is 18.2 Å². The summed E-state index contributed by atoms with van der Waals surface area (Å²) in [7, 11) is -4.11. The SMILES string of the molecule is O=C(CN(c1ccc(F)cc1)S(=O)(=O)c1ccccc1)Nc1ccc(F)c(Cl)c1. The maximum atomic E-state index is 13.3. The maximum absolute atomic E-state index is 13.3. The summed E-state index contributed by atoms with van der Waals surface area (Å²) in [5.41, 5.74) is 0.320. The Kier molecular flexibility index (Phi) is 6.14. The zero-order valence-electron chi connectivity index (χ0n) is 14.8. The number of rotatable bonds is 6. The molecule has 5 nitrogen and oxygen atoms in total. The van der Waals surface area contributed by atoms with E-state index in [0.29, 0.717) is 0 Å². The molecule has 0 aliphatic heterocycles. The van der Waals surface area contributed by atoms with Crippen molar-refractivity contribution in [3.8, 4) is 0 Å². The van der Waals surface area contributed by atoms with Crippen LogP contribution in [-0.4, -0.2) is 20.9 Å². The van der Waals surface area contributed by atoms with E-state index in [4.69, 9.17) is 11.6 Å². The van der Waals surface area contributed by atoms with E-state index in [0.717, 1.165) is 22.5 Å². The average molecular weight is 437 g/mol. The summed E-state index contributed by atoms with van der Waals surface area (Å²) in [5.74, 6) is -1.88. The van der Waals surface area contributed by atoms with Crippen LogP contribution in [0.1, 0.15) is 0 Å². The number of nitrogens with one attached hydrogen (secondary N) is 1. The number of benzene rings is 3. The number of hydrogen-bond acceptors (Lipinski definition) is 3. The molecule has 0 bridgehead atoms. The van der Waals surface area contributed by atoms with Gasteiger partial charge in [-0.3, -0.25) is 9.10 Å². The first-order valence-electron chi connectivity index (χ1n) is 8.35. The molecular formula is C20H15ClF2N2O3S. The molecule has 3 aromatic rings. The van der Waals surface area contributed by atoms with Crippen molar-refractivity contribution in [2.75, 3.05) is 16.2 Å². The van der Waals surface area contributed by atoms with Crippen LogP contribution < -0.4 is 9.62 Å². The van der Waals surface area contributed by atoms with E-state index in [-0.39, 0.29) is 21.3 Å². The molecule has 0 fully saturated rings. The predicted octanol–water partition coefficient (Wildman–Crippen LogP) is 4.45. The van der Waals surface area contributed by atoms with Gasteiger partial charge in [-0.05, 0) is 54.6 Å². The lowest BCUT2D eigenvalue weighted by Gasteiger charge is -2.24. The minimum atomic E-state index is -4.11. The molecule has 0 spiro atoms. The van der Waals surface area contributed by atoms with Crippen molar-refractivity contribution in [2.24, 2.45) is 0 Å². The first-order chi connectivity index (χ1) is 13.8. The van der Waals surface area contributed by atoms with Crippen LogP contribution in [0.25, 0.3) is 0 Å². The minimum Gasteiger partial charge on any atom is -0.324 e.